The zero-order valence-corrected chi connectivity index (χ0v) is 14.8. The lowest BCUT2D eigenvalue weighted by Crippen LogP contribution is -2.46. The molecule has 1 saturated heterocycles. The lowest BCUT2D eigenvalue weighted by Gasteiger charge is -2.34. The van der Waals surface area contributed by atoms with Gasteiger partial charge in [-0.2, -0.15) is 0 Å². The van der Waals surface area contributed by atoms with Crippen LogP contribution in [0.25, 0.3) is 10.9 Å². The fraction of sp³-hybridized carbons (Fsp3) is 0.318. The zero-order valence-electron chi connectivity index (χ0n) is 14.8. The number of fused-ring (bicyclic) bond motifs is 2. The van der Waals surface area contributed by atoms with Crippen molar-refractivity contribution in [2.75, 3.05) is 24.5 Å². The largest absolute Gasteiger partial charge is 0.361 e. The van der Waals surface area contributed by atoms with Gasteiger partial charge in [0, 0.05) is 42.4 Å². The van der Waals surface area contributed by atoms with E-state index in [0.29, 0.717) is 5.92 Å². The van der Waals surface area contributed by atoms with Crippen LogP contribution in [0.3, 0.4) is 0 Å². The third-order valence-corrected chi connectivity index (χ3v) is 5.94. The number of hydrogen-bond acceptors (Lipinski definition) is 1. The van der Waals surface area contributed by atoms with E-state index < -0.39 is 0 Å². The minimum absolute atomic E-state index is 0.173. The summed E-state index contributed by atoms with van der Waals surface area (Å²) in [6.07, 6.45) is 5.18. The van der Waals surface area contributed by atoms with Gasteiger partial charge in [0.2, 0.25) is 0 Å². The topological polar surface area (TPSA) is 39.3 Å². The second-order valence-electron chi connectivity index (χ2n) is 7.36. The second kappa shape index (κ2) is 6.20. The number of amides is 2. The van der Waals surface area contributed by atoms with Crippen molar-refractivity contribution in [3.8, 4) is 0 Å². The second-order valence-corrected chi connectivity index (χ2v) is 7.36. The lowest BCUT2D eigenvalue weighted by molar-refractivity contribution is 0.188. The molecule has 2 amide bonds. The van der Waals surface area contributed by atoms with Crippen molar-refractivity contribution in [1.29, 1.82) is 0 Å². The van der Waals surface area contributed by atoms with Crippen LogP contribution in [0.2, 0.25) is 0 Å². The Kier molecular flexibility index (Phi) is 3.70. The van der Waals surface area contributed by atoms with E-state index in [1.54, 1.807) is 0 Å². The van der Waals surface area contributed by atoms with Crippen molar-refractivity contribution in [3.05, 3.63) is 65.9 Å². The van der Waals surface area contributed by atoms with Gasteiger partial charge in [-0.1, -0.05) is 36.4 Å². The van der Waals surface area contributed by atoms with Gasteiger partial charge in [0.15, 0.2) is 0 Å². The maximum atomic E-state index is 13.0. The van der Waals surface area contributed by atoms with E-state index in [0.717, 1.165) is 44.6 Å². The van der Waals surface area contributed by atoms with Crippen LogP contribution in [0.15, 0.2) is 54.7 Å². The highest BCUT2D eigenvalue weighted by Crippen LogP contribution is 2.34. The number of para-hydroxylation sites is 2. The molecule has 0 aliphatic carbocycles. The van der Waals surface area contributed by atoms with Gasteiger partial charge in [-0.15, -0.1) is 0 Å². The summed E-state index contributed by atoms with van der Waals surface area (Å²) in [4.78, 5) is 20.4. The SMILES string of the molecule is O=C(N1CCC(c2c[nH]c3ccccc23)CC1)N1CCc2ccccc21. The molecule has 3 heterocycles. The predicted octanol–water partition coefficient (Wildman–Crippen LogP) is 4.53. The molecule has 132 valence electrons. The maximum Gasteiger partial charge on any atom is 0.324 e. The smallest absolute Gasteiger partial charge is 0.324 e. The molecule has 1 fully saturated rings. The van der Waals surface area contributed by atoms with Gasteiger partial charge in [0.1, 0.15) is 0 Å². The molecule has 1 N–H and O–H groups in total. The molecule has 0 bridgehead atoms. The summed E-state index contributed by atoms with van der Waals surface area (Å²) in [6.45, 7) is 2.48. The number of aromatic amines is 1. The van der Waals surface area contributed by atoms with Crippen molar-refractivity contribution in [3.63, 3.8) is 0 Å². The number of carbonyl (C=O) groups excluding carboxylic acids is 1. The molecule has 2 aliphatic heterocycles. The number of nitrogens with zero attached hydrogens (tertiary/aromatic N) is 2. The first kappa shape index (κ1) is 15.5. The summed E-state index contributed by atoms with van der Waals surface area (Å²) >= 11 is 0. The Balaban J connectivity index is 1.30. The number of H-pyrrole nitrogens is 1. The molecular formula is C22H23N3O. The van der Waals surface area contributed by atoms with Crippen molar-refractivity contribution in [2.24, 2.45) is 0 Å². The molecular weight excluding hydrogens is 322 g/mol. The number of urea groups is 1. The first-order valence-electron chi connectivity index (χ1n) is 9.51. The van der Waals surface area contributed by atoms with E-state index in [4.69, 9.17) is 0 Å². The first-order valence-corrected chi connectivity index (χ1v) is 9.51. The van der Waals surface area contributed by atoms with Crippen LogP contribution in [0, 0.1) is 0 Å². The van der Waals surface area contributed by atoms with Crippen molar-refractivity contribution in [1.82, 2.24) is 9.88 Å². The normalized spacial score (nSPS) is 17.7. The average molecular weight is 345 g/mol. The zero-order chi connectivity index (χ0) is 17.5. The van der Waals surface area contributed by atoms with Crippen LogP contribution in [0.5, 0.6) is 0 Å². The highest BCUT2D eigenvalue weighted by molar-refractivity contribution is 5.94. The van der Waals surface area contributed by atoms with E-state index >= 15 is 0 Å². The van der Waals surface area contributed by atoms with E-state index in [-0.39, 0.29) is 6.03 Å². The summed E-state index contributed by atoms with van der Waals surface area (Å²) in [5.41, 5.74) is 4.99. The van der Waals surface area contributed by atoms with Crippen LogP contribution in [0.1, 0.15) is 29.9 Å². The number of carbonyl (C=O) groups is 1. The van der Waals surface area contributed by atoms with Gasteiger partial charge in [0.25, 0.3) is 0 Å². The third-order valence-electron chi connectivity index (χ3n) is 5.94. The van der Waals surface area contributed by atoms with Crippen molar-refractivity contribution in [2.45, 2.75) is 25.2 Å². The molecule has 4 nitrogen and oxygen atoms in total. The highest BCUT2D eigenvalue weighted by atomic mass is 16.2. The summed E-state index contributed by atoms with van der Waals surface area (Å²) in [5.74, 6) is 0.529. The molecule has 1 aromatic heterocycles. The Hall–Kier alpha value is -2.75. The number of benzene rings is 2. The number of nitrogens with one attached hydrogen (secondary N) is 1. The Morgan fingerprint density at radius 3 is 2.62 bits per heavy atom. The van der Waals surface area contributed by atoms with E-state index in [1.807, 2.05) is 15.9 Å². The molecule has 5 rings (SSSR count). The molecule has 0 spiro atoms. The van der Waals surface area contributed by atoms with Gasteiger partial charge in [0.05, 0.1) is 0 Å². The van der Waals surface area contributed by atoms with E-state index in [1.165, 1.54) is 22.0 Å². The third kappa shape index (κ3) is 2.48. The highest BCUT2D eigenvalue weighted by Gasteiger charge is 2.31. The van der Waals surface area contributed by atoms with Gasteiger partial charge in [-0.05, 0) is 48.4 Å². The predicted molar refractivity (Wildman–Crippen MR) is 105 cm³/mol. The van der Waals surface area contributed by atoms with Gasteiger partial charge in [-0.25, -0.2) is 4.79 Å². The Bertz CT molecular complexity index is 953. The minimum atomic E-state index is 0.173. The molecule has 0 unspecified atom stereocenters. The van der Waals surface area contributed by atoms with E-state index in [2.05, 4.69) is 53.6 Å². The Morgan fingerprint density at radius 1 is 0.962 bits per heavy atom. The van der Waals surface area contributed by atoms with Crippen LogP contribution < -0.4 is 4.90 Å². The summed E-state index contributed by atoms with van der Waals surface area (Å²) in [7, 11) is 0. The Morgan fingerprint density at radius 2 is 1.73 bits per heavy atom. The fourth-order valence-corrected chi connectivity index (χ4v) is 4.52. The molecule has 26 heavy (non-hydrogen) atoms. The molecule has 0 atom stereocenters. The molecule has 0 radical (unpaired) electrons. The van der Waals surface area contributed by atoms with Crippen LogP contribution in [-0.4, -0.2) is 35.5 Å². The number of anilines is 1. The van der Waals surface area contributed by atoms with Gasteiger partial charge < -0.3 is 9.88 Å². The summed E-state index contributed by atoms with van der Waals surface area (Å²) in [6, 6.07) is 16.9. The first-order chi connectivity index (χ1) is 12.8. The number of aromatic nitrogens is 1. The quantitative estimate of drug-likeness (QED) is 0.691. The monoisotopic (exact) mass is 345 g/mol. The molecule has 2 aliphatic rings. The molecule has 4 heteroatoms. The molecule has 2 aromatic carbocycles. The molecule has 3 aromatic rings. The van der Waals surface area contributed by atoms with Gasteiger partial charge >= 0.3 is 6.03 Å². The van der Waals surface area contributed by atoms with E-state index in [9.17, 15) is 4.79 Å². The summed E-state index contributed by atoms with van der Waals surface area (Å²) < 4.78 is 0. The lowest BCUT2D eigenvalue weighted by atomic mass is 9.89. The minimum Gasteiger partial charge on any atom is -0.361 e. The van der Waals surface area contributed by atoms with Crippen LogP contribution in [-0.2, 0) is 6.42 Å². The fourth-order valence-electron chi connectivity index (χ4n) is 4.52. The number of rotatable bonds is 1. The number of piperidine rings is 1. The summed E-state index contributed by atoms with van der Waals surface area (Å²) in [5, 5.41) is 1.32. The van der Waals surface area contributed by atoms with Crippen molar-refractivity contribution >= 4 is 22.6 Å². The Labute approximate surface area is 153 Å². The molecule has 0 saturated carbocycles. The number of hydrogen-bond donors (Lipinski definition) is 1. The van der Waals surface area contributed by atoms with Crippen LogP contribution in [0.4, 0.5) is 10.5 Å². The van der Waals surface area contributed by atoms with Crippen LogP contribution >= 0.6 is 0 Å². The average Bonchev–Trinajstić information content (AvgIpc) is 3.32. The standard InChI is InChI=1S/C22H23N3O/c26-22(25-14-11-17-5-1-4-8-21(17)25)24-12-9-16(10-13-24)19-15-23-20-7-3-2-6-18(19)20/h1-8,15-16,23H,9-14H2. The number of likely N-dealkylation sites (tertiary alicyclic amines) is 1. The maximum absolute atomic E-state index is 13.0. The van der Waals surface area contributed by atoms with Gasteiger partial charge in [-0.3, -0.25) is 4.90 Å². The van der Waals surface area contributed by atoms with Crippen molar-refractivity contribution < 1.29 is 4.79 Å².